The van der Waals surface area contributed by atoms with E-state index in [-0.39, 0.29) is 42.5 Å². The van der Waals surface area contributed by atoms with Gasteiger partial charge in [0, 0.05) is 32.6 Å². The van der Waals surface area contributed by atoms with Crippen molar-refractivity contribution in [1.82, 2.24) is 20.1 Å². The molecule has 0 aliphatic carbocycles. The predicted octanol–water partition coefficient (Wildman–Crippen LogP) is 4.64. The average molecular weight is 642 g/mol. The number of likely N-dealkylation sites (N-methyl/N-ethyl adjacent to an activating group) is 1. The molecule has 13 heteroatoms. The number of phenolic OH excluding ortho intramolecular Hbond substituents is 1. The number of aromatic amines is 1. The van der Waals surface area contributed by atoms with Crippen molar-refractivity contribution in [3.63, 3.8) is 0 Å². The van der Waals surface area contributed by atoms with Crippen LogP contribution < -0.4 is 10.2 Å². The number of aromatic hydroxyl groups is 1. The van der Waals surface area contributed by atoms with E-state index >= 15 is 0 Å². The number of nitrogens with one attached hydrogen (secondary N) is 2. The lowest BCUT2D eigenvalue weighted by atomic mass is 10.1. The number of halogens is 2. The molecule has 0 bridgehead atoms. The van der Waals surface area contributed by atoms with Gasteiger partial charge in [0.2, 0.25) is 0 Å². The Labute approximate surface area is 259 Å². The van der Waals surface area contributed by atoms with Gasteiger partial charge < -0.3 is 35.1 Å². The van der Waals surface area contributed by atoms with Gasteiger partial charge >= 0.3 is 11.0 Å². The van der Waals surface area contributed by atoms with Crippen molar-refractivity contribution < 1.29 is 24.5 Å². The van der Waals surface area contributed by atoms with Crippen molar-refractivity contribution in [3.05, 3.63) is 61.2 Å². The average Bonchev–Trinajstić information content (AvgIpc) is 3.37. The van der Waals surface area contributed by atoms with Crippen LogP contribution in [0.4, 0.5) is 4.79 Å². The lowest BCUT2D eigenvalue weighted by Crippen LogP contribution is -2.49. The largest absolute Gasteiger partial charge is 0.506 e. The number of aromatic nitrogens is 1. The molecule has 1 atom stereocenters. The fourth-order valence-corrected chi connectivity index (χ4v) is 5.91. The van der Waals surface area contributed by atoms with E-state index in [2.05, 4.69) is 15.2 Å². The lowest BCUT2D eigenvalue weighted by molar-refractivity contribution is -0.122. The number of rotatable bonds is 18. The minimum absolute atomic E-state index is 0.00147. The monoisotopic (exact) mass is 640 g/mol. The van der Waals surface area contributed by atoms with Crippen molar-refractivity contribution in [2.24, 2.45) is 0 Å². The van der Waals surface area contributed by atoms with Crippen LogP contribution in [-0.2, 0) is 22.4 Å². The summed E-state index contributed by atoms with van der Waals surface area (Å²) in [5.74, 6) is -0.0235. The van der Waals surface area contributed by atoms with Crippen molar-refractivity contribution in [3.8, 4) is 5.75 Å². The van der Waals surface area contributed by atoms with E-state index in [9.17, 15) is 24.6 Å². The van der Waals surface area contributed by atoms with Crippen LogP contribution in [0, 0.1) is 0 Å². The van der Waals surface area contributed by atoms with E-state index in [0.29, 0.717) is 52.8 Å². The molecule has 2 aromatic carbocycles. The SMILES string of the molecule is CCN(CC)CC(NCCN(CCc1ccc(O)c2[nH]c(=O)sc12)C(=O)O)C(=O)CCOCCc1cccc(Cl)c1Cl. The van der Waals surface area contributed by atoms with Crippen molar-refractivity contribution >= 4 is 56.6 Å². The number of carbonyl (C=O) groups is 2. The summed E-state index contributed by atoms with van der Waals surface area (Å²) in [4.78, 5) is 42.6. The Bertz CT molecular complexity index is 1390. The van der Waals surface area contributed by atoms with Crippen LogP contribution in [0.3, 0.4) is 0 Å². The number of thiazole rings is 1. The molecule has 0 aliphatic heterocycles. The molecule has 1 unspecified atom stereocenters. The fraction of sp³-hybridized carbons (Fsp3) is 0.483. The molecule has 42 heavy (non-hydrogen) atoms. The van der Waals surface area contributed by atoms with Gasteiger partial charge in [-0.25, -0.2) is 4.79 Å². The maximum absolute atomic E-state index is 13.1. The van der Waals surface area contributed by atoms with E-state index in [0.717, 1.165) is 35.6 Å². The normalized spacial score (nSPS) is 12.2. The second kappa shape index (κ2) is 16.8. The molecule has 1 heterocycles. The zero-order chi connectivity index (χ0) is 30.6. The molecular weight excluding hydrogens is 603 g/mol. The van der Waals surface area contributed by atoms with Crippen LogP contribution in [0.1, 0.15) is 31.4 Å². The van der Waals surface area contributed by atoms with Gasteiger partial charge in [0.25, 0.3) is 0 Å². The Morgan fingerprint density at radius 3 is 2.55 bits per heavy atom. The third-order valence-electron chi connectivity index (χ3n) is 7.10. The van der Waals surface area contributed by atoms with Crippen LogP contribution in [0.25, 0.3) is 10.2 Å². The summed E-state index contributed by atoms with van der Waals surface area (Å²) in [6.45, 7) is 7.48. The van der Waals surface area contributed by atoms with Crippen LogP contribution in [0.2, 0.25) is 10.0 Å². The Balaban J connectivity index is 1.52. The lowest BCUT2D eigenvalue weighted by Gasteiger charge is -2.27. The Kier molecular flexibility index (Phi) is 13.6. The van der Waals surface area contributed by atoms with Gasteiger partial charge in [0.15, 0.2) is 5.78 Å². The minimum Gasteiger partial charge on any atom is -0.506 e. The highest BCUT2D eigenvalue weighted by molar-refractivity contribution is 7.16. The molecule has 0 spiro atoms. The molecule has 3 rings (SSSR count). The van der Waals surface area contributed by atoms with E-state index in [1.807, 2.05) is 26.0 Å². The standard InChI is InChI=1S/C29H38Cl2N4O6S/c1-3-34(4-2)18-22(23(36)12-17-41-16-11-19-6-5-7-21(30)25(19)31)32-13-15-35(29(39)40)14-10-20-8-9-24(37)26-27(20)42-28(38)33-26/h5-9,22,32,37H,3-4,10-18H2,1-2H3,(H,33,38)(H,39,40). The number of ketones is 1. The molecule has 0 fully saturated rings. The third kappa shape index (κ3) is 9.68. The summed E-state index contributed by atoms with van der Waals surface area (Å²) in [7, 11) is 0. The van der Waals surface area contributed by atoms with Gasteiger partial charge in [-0.3, -0.25) is 9.59 Å². The van der Waals surface area contributed by atoms with E-state index in [1.165, 1.54) is 11.0 Å². The Morgan fingerprint density at radius 2 is 1.83 bits per heavy atom. The molecular formula is C29H38Cl2N4O6S. The van der Waals surface area contributed by atoms with E-state index in [4.69, 9.17) is 27.9 Å². The van der Waals surface area contributed by atoms with Gasteiger partial charge in [-0.2, -0.15) is 0 Å². The van der Waals surface area contributed by atoms with Crippen LogP contribution >= 0.6 is 34.5 Å². The van der Waals surface area contributed by atoms with Gasteiger partial charge in [-0.05, 0) is 49.2 Å². The molecule has 10 nitrogen and oxygen atoms in total. The number of phenols is 1. The molecule has 1 amide bonds. The van der Waals surface area contributed by atoms with Crippen molar-refractivity contribution in [2.75, 3.05) is 52.5 Å². The zero-order valence-electron chi connectivity index (χ0n) is 23.8. The maximum Gasteiger partial charge on any atom is 0.407 e. The predicted molar refractivity (Wildman–Crippen MR) is 168 cm³/mol. The number of carbonyl (C=O) groups excluding carboxylic acids is 1. The number of nitrogens with zero attached hydrogens (tertiary/aromatic N) is 2. The summed E-state index contributed by atoms with van der Waals surface area (Å²) in [5, 5.41) is 24.1. The highest BCUT2D eigenvalue weighted by Crippen LogP contribution is 2.28. The molecule has 3 aromatic rings. The van der Waals surface area contributed by atoms with Crippen molar-refractivity contribution in [2.45, 2.75) is 39.2 Å². The minimum atomic E-state index is -1.08. The van der Waals surface area contributed by atoms with Gasteiger partial charge in [-0.1, -0.05) is 66.6 Å². The quantitative estimate of drug-likeness (QED) is 0.148. The summed E-state index contributed by atoms with van der Waals surface area (Å²) < 4.78 is 6.33. The maximum atomic E-state index is 13.1. The summed E-state index contributed by atoms with van der Waals surface area (Å²) in [5.41, 5.74) is 2.02. The highest BCUT2D eigenvalue weighted by Gasteiger charge is 2.21. The molecule has 4 N–H and O–H groups in total. The zero-order valence-corrected chi connectivity index (χ0v) is 26.2. The number of ether oxygens (including phenoxy) is 1. The molecule has 1 aromatic heterocycles. The first-order chi connectivity index (χ1) is 20.1. The molecule has 0 radical (unpaired) electrons. The van der Waals surface area contributed by atoms with E-state index in [1.54, 1.807) is 12.1 Å². The topological polar surface area (TPSA) is 135 Å². The summed E-state index contributed by atoms with van der Waals surface area (Å²) in [6.07, 6.45) is 0.101. The number of fused-ring (bicyclic) bond motifs is 1. The van der Waals surface area contributed by atoms with E-state index < -0.39 is 12.1 Å². The Hall–Kier alpha value is -2.67. The second-order valence-electron chi connectivity index (χ2n) is 9.77. The first-order valence-corrected chi connectivity index (χ1v) is 15.5. The van der Waals surface area contributed by atoms with Gasteiger partial charge in [0.05, 0.1) is 34.0 Å². The van der Waals surface area contributed by atoms with Crippen LogP contribution in [0.5, 0.6) is 5.75 Å². The summed E-state index contributed by atoms with van der Waals surface area (Å²) >= 11 is 13.3. The summed E-state index contributed by atoms with van der Waals surface area (Å²) in [6, 6.07) is 8.17. The number of amides is 1. The Morgan fingerprint density at radius 1 is 1.07 bits per heavy atom. The van der Waals surface area contributed by atoms with Crippen LogP contribution in [-0.4, -0.2) is 95.4 Å². The molecule has 0 saturated heterocycles. The number of hydrogen-bond acceptors (Lipinski definition) is 8. The van der Waals surface area contributed by atoms with Crippen molar-refractivity contribution in [1.29, 1.82) is 0 Å². The number of hydrogen-bond donors (Lipinski definition) is 4. The number of carboxylic acid groups (broad SMARTS) is 1. The number of H-pyrrole nitrogens is 1. The smallest absolute Gasteiger partial charge is 0.407 e. The first-order valence-electron chi connectivity index (χ1n) is 13.9. The fourth-order valence-electron chi connectivity index (χ4n) is 4.60. The molecule has 0 aliphatic rings. The van der Waals surface area contributed by atoms with Crippen LogP contribution in [0.15, 0.2) is 35.1 Å². The highest BCUT2D eigenvalue weighted by atomic mass is 35.5. The first kappa shape index (κ1) is 33.8. The second-order valence-corrected chi connectivity index (χ2v) is 11.5. The number of benzene rings is 2. The van der Waals surface area contributed by atoms with Gasteiger partial charge in [0.1, 0.15) is 11.3 Å². The third-order valence-corrected chi connectivity index (χ3v) is 8.91. The van der Waals surface area contributed by atoms with Gasteiger partial charge in [-0.15, -0.1) is 0 Å². The number of Topliss-reactive ketones (excluding diaryl/α,β-unsaturated/α-hetero) is 1. The molecule has 230 valence electrons. The molecule has 0 saturated carbocycles.